The van der Waals surface area contributed by atoms with Gasteiger partial charge in [0.15, 0.2) is 5.78 Å². The van der Waals surface area contributed by atoms with E-state index in [0.29, 0.717) is 10.3 Å². The van der Waals surface area contributed by atoms with Crippen LogP contribution in [0.3, 0.4) is 0 Å². The van der Waals surface area contributed by atoms with Gasteiger partial charge in [-0.3, -0.25) is 4.57 Å². The van der Waals surface area contributed by atoms with E-state index in [9.17, 15) is 4.57 Å². The number of rotatable bonds is 6. The van der Waals surface area contributed by atoms with Crippen molar-refractivity contribution in [3.05, 3.63) is 28.5 Å². The smallest absolute Gasteiger partial charge is 0.313 e. The van der Waals surface area contributed by atoms with Gasteiger partial charge in [-0.2, -0.15) is 0 Å². The molecule has 96 valence electrons. The van der Waals surface area contributed by atoms with Gasteiger partial charge in [-0.25, -0.2) is 4.98 Å². The van der Waals surface area contributed by atoms with Crippen LogP contribution < -0.4 is 5.73 Å². The second-order valence-electron chi connectivity index (χ2n) is 3.21. The number of hydrogen-bond donors (Lipinski definition) is 1. The third-order valence-corrected chi connectivity index (χ3v) is 4.62. The average molecular weight is 323 g/mol. The zero-order valence-electron chi connectivity index (χ0n) is 9.80. The van der Waals surface area contributed by atoms with E-state index >= 15 is 0 Å². The summed E-state index contributed by atoms with van der Waals surface area (Å²) < 4.78 is 23.4. The molecule has 5 nitrogen and oxygen atoms in total. The quantitative estimate of drug-likeness (QED) is 0.643. The Labute approximate surface area is 109 Å². The molecule has 1 atom stereocenters. The highest BCUT2D eigenvalue weighted by Gasteiger charge is 2.34. The Bertz CT molecular complexity index is 406. The highest BCUT2D eigenvalue weighted by atomic mass is 79.9. The van der Waals surface area contributed by atoms with Gasteiger partial charge in [0.1, 0.15) is 4.60 Å². The lowest BCUT2D eigenvalue weighted by atomic mass is 10.3. The lowest BCUT2D eigenvalue weighted by Crippen LogP contribution is -2.16. The molecule has 1 aromatic heterocycles. The van der Waals surface area contributed by atoms with E-state index in [2.05, 4.69) is 20.9 Å². The largest absolute Gasteiger partial charge is 0.353 e. The first-order chi connectivity index (χ1) is 8.03. The number of hydrogen-bond acceptors (Lipinski definition) is 5. The molecule has 0 radical (unpaired) electrons. The minimum absolute atomic E-state index is 0.277. The Kier molecular flexibility index (Phi) is 5.76. The second kappa shape index (κ2) is 6.61. The molecule has 0 saturated heterocycles. The fourth-order valence-corrected chi connectivity index (χ4v) is 3.25. The Morgan fingerprint density at radius 1 is 1.41 bits per heavy atom. The minimum atomic E-state index is -3.36. The van der Waals surface area contributed by atoms with Crippen LogP contribution in [0.25, 0.3) is 0 Å². The van der Waals surface area contributed by atoms with E-state index in [-0.39, 0.29) is 13.2 Å². The topological polar surface area (TPSA) is 74.4 Å². The second-order valence-corrected chi connectivity index (χ2v) is 6.17. The van der Waals surface area contributed by atoms with E-state index in [1.165, 1.54) is 0 Å². The predicted molar refractivity (Wildman–Crippen MR) is 69.7 cm³/mol. The molecule has 0 bridgehead atoms. The van der Waals surface area contributed by atoms with Gasteiger partial charge in [0.2, 0.25) is 0 Å². The van der Waals surface area contributed by atoms with Crippen LogP contribution in [0.2, 0.25) is 0 Å². The van der Waals surface area contributed by atoms with E-state index in [0.717, 1.165) is 0 Å². The van der Waals surface area contributed by atoms with Gasteiger partial charge < -0.3 is 14.8 Å². The highest BCUT2D eigenvalue weighted by Crippen LogP contribution is 2.57. The first-order valence-corrected chi connectivity index (χ1v) is 7.70. The molecule has 0 fully saturated rings. The molecule has 0 aliphatic heterocycles. The summed E-state index contributed by atoms with van der Waals surface area (Å²) in [5.74, 6) is -0.875. The monoisotopic (exact) mass is 322 g/mol. The summed E-state index contributed by atoms with van der Waals surface area (Å²) in [6.07, 6.45) is 0. The number of aromatic nitrogens is 1. The standard InChI is InChI=1S/C10H16BrN2O3P/c1-3-15-17(14,16-4-2)10(12)8-6-5-7-9(11)13-8/h5-7,10H,3-4,12H2,1-2H3/t10-/m0/s1. The summed E-state index contributed by atoms with van der Waals surface area (Å²) in [5, 5.41) is 0. The maximum Gasteiger partial charge on any atom is 0.353 e. The van der Waals surface area contributed by atoms with Gasteiger partial charge in [-0.1, -0.05) is 6.07 Å². The summed E-state index contributed by atoms with van der Waals surface area (Å²) in [6.45, 7) is 4.04. The van der Waals surface area contributed by atoms with Crippen molar-refractivity contribution in [1.82, 2.24) is 4.98 Å². The summed E-state index contributed by atoms with van der Waals surface area (Å²) in [6, 6.07) is 5.23. The van der Waals surface area contributed by atoms with Gasteiger partial charge in [0.05, 0.1) is 18.9 Å². The van der Waals surface area contributed by atoms with Gasteiger partial charge >= 0.3 is 7.60 Å². The van der Waals surface area contributed by atoms with Crippen LogP contribution in [0, 0.1) is 0 Å². The van der Waals surface area contributed by atoms with Gasteiger partial charge in [0.25, 0.3) is 0 Å². The molecule has 0 amide bonds. The van der Waals surface area contributed by atoms with Gasteiger partial charge in [-0.15, -0.1) is 0 Å². The van der Waals surface area contributed by atoms with Crippen molar-refractivity contribution < 1.29 is 13.6 Å². The van der Waals surface area contributed by atoms with Crippen molar-refractivity contribution in [2.24, 2.45) is 5.73 Å². The zero-order valence-corrected chi connectivity index (χ0v) is 12.3. The Morgan fingerprint density at radius 2 is 2.00 bits per heavy atom. The molecule has 0 aliphatic carbocycles. The molecule has 1 aromatic rings. The molecule has 0 saturated carbocycles. The van der Waals surface area contributed by atoms with Crippen LogP contribution >= 0.6 is 23.5 Å². The Hall–Kier alpha value is -0.260. The first kappa shape index (κ1) is 14.8. The van der Waals surface area contributed by atoms with Crippen LogP contribution in [0.1, 0.15) is 25.3 Å². The van der Waals surface area contributed by atoms with Gasteiger partial charge in [0, 0.05) is 0 Å². The molecule has 0 unspecified atom stereocenters. The number of pyridine rings is 1. The summed E-state index contributed by atoms with van der Waals surface area (Å²) in [4.78, 5) is 4.16. The average Bonchev–Trinajstić information content (AvgIpc) is 2.28. The third-order valence-electron chi connectivity index (χ3n) is 2.00. The maximum atomic E-state index is 12.4. The first-order valence-electron chi connectivity index (χ1n) is 5.30. The van der Waals surface area contributed by atoms with Crippen molar-refractivity contribution in [3.63, 3.8) is 0 Å². The van der Waals surface area contributed by atoms with E-state index < -0.39 is 13.4 Å². The van der Waals surface area contributed by atoms with Crippen LogP contribution in [0.15, 0.2) is 22.8 Å². The van der Waals surface area contributed by atoms with Crippen LogP contribution in [0.5, 0.6) is 0 Å². The molecular formula is C10H16BrN2O3P. The summed E-state index contributed by atoms with van der Waals surface area (Å²) >= 11 is 3.24. The minimum Gasteiger partial charge on any atom is -0.313 e. The molecule has 1 rings (SSSR count). The fourth-order valence-electron chi connectivity index (χ4n) is 1.31. The predicted octanol–water partition coefficient (Wildman–Crippen LogP) is 3.07. The Balaban J connectivity index is 2.99. The van der Waals surface area contributed by atoms with Crippen molar-refractivity contribution in [2.45, 2.75) is 19.6 Å². The molecule has 17 heavy (non-hydrogen) atoms. The molecule has 2 N–H and O–H groups in total. The van der Waals surface area contributed by atoms with Crippen molar-refractivity contribution in [1.29, 1.82) is 0 Å². The Morgan fingerprint density at radius 3 is 2.47 bits per heavy atom. The SMILES string of the molecule is CCOP(=O)(OCC)[C@H](N)c1cccc(Br)n1. The molecule has 0 aliphatic rings. The highest BCUT2D eigenvalue weighted by molar-refractivity contribution is 9.10. The van der Waals surface area contributed by atoms with E-state index in [1.807, 2.05) is 0 Å². The third kappa shape index (κ3) is 3.86. The van der Waals surface area contributed by atoms with Crippen LogP contribution in [0.4, 0.5) is 0 Å². The maximum absolute atomic E-state index is 12.4. The summed E-state index contributed by atoms with van der Waals surface area (Å²) in [7, 11) is -3.36. The molecule has 0 spiro atoms. The van der Waals surface area contributed by atoms with Crippen molar-refractivity contribution in [2.75, 3.05) is 13.2 Å². The van der Waals surface area contributed by atoms with Gasteiger partial charge in [-0.05, 0) is 41.9 Å². The molecule has 7 heteroatoms. The summed E-state index contributed by atoms with van der Waals surface area (Å²) in [5.41, 5.74) is 6.39. The fraction of sp³-hybridized carbons (Fsp3) is 0.500. The van der Waals surface area contributed by atoms with Crippen LogP contribution in [-0.4, -0.2) is 18.2 Å². The van der Waals surface area contributed by atoms with E-state index in [1.54, 1.807) is 32.0 Å². The number of nitrogens with zero attached hydrogens (tertiary/aromatic N) is 1. The lowest BCUT2D eigenvalue weighted by molar-refractivity contribution is 0.212. The number of halogens is 1. The normalized spacial score (nSPS) is 13.6. The molecular weight excluding hydrogens is 307 g/mol. The number of nitrogens with two attached hydrogens (primary N) is 1. The van der Waals surface area contributed by atoms with Crippen LogP contribution in [-0.2, 0) is 13.6 Å². The lowest BCUT2D eigenvalue weighted by Gasteiger charge is -2.22. The zero-order chi connectivity index (χ0) is 12.9. The van der Waals surface area contributed by atoms with E-state index in [4.69, 9.17) is 14.8 Å². The van der Waals surface area contributed by atoms with Crippen molar-refractivity contribution in [3.8, 4) is 0 Å². The van der Waals surface area contributed by atoms with Crippen molar-refractivity contribution >= 4 is 23.5 Å². The molecule has 1 heterocycles. The molecule has 0 aromatic carbocycles.